The normalized spacial score (nSPS) is 24.4. The highest BCUT2D eigenvalue weighted by molar-refractivity contribution is 6.23. The molecule has 1 aromatic rings. The second kappa shape index (κ2) is 13.3. The van der Waals surface area contributed by atoms with Gasteiger partial charge in [0.2, 0.25) is 11.8 Å². The molecule has 1 N–H and O–H groups in total. The number of carbonyl (C=O) groups excluding carboxylic acids is 5. The van der Waals surface area contributed by atoms with Gasteiger partial charge in [0.15, 0.2) is 0 Å². The molecule has 5 amide bonds. The van der Waals surface area contributed by atoms with Crippen molar-refractivity contribution >= 4 is 35.4 Å². The van der Waals surface area contributed by atoms with Gasteiger partial charge in [0.1, 0.15) is 11.6 Å². The highest BCUT2D eigenvalue weighted by Gasteiger charge is 2.45. The first kappa shape index (κ1) is 32.4. The van der Waals surface area contributed by atoms with Crippen LogP contribution in [0.5, 0.6) is 0 Å². The van der Waals surface area contributed by atoms with Crippen LogP contribution < -0.4 is 10.2 Å². The van der Waals surface area contributed by atoms with Gasteiger partial charge in [0.25, 0.3) is 11.8 Å². The third kappa shape index (κ3) is 7.22. The second-order valence-corrected chi connectivity index (χ2v) is 14.6. The van der Waals surface area contributed by atoms with Crippen molar-refractivity contribution in [3.05, 3.63) is 29.3 Å². The molecule has 5 aliphatic rings. The van der Waals surface area contributed by atoms with E-state index >= 15 is 0 Å². The van der Waals surface area contributed by atoms with Crippen LogP contribution in [-0.2, 0) is 14.3 Å². The van der Waals surface area contributed by atoms with E-state index < -0.39 is 29.4 Å². The molecule has 12 nitrogen and oxygen atoms in total. The molecule has 1 atom stereocenters. The van der Waals surface area contributed by atoms with Gasteiger partial charge in [-0.2, -0.15) is 0 Å². The lowest BCUT2D eigenvalue weighted by Gasteiger charge is -2.41. The van der Waals surface area contributed by atoms with Gasteiger partial charge in [-0.05, 0) is 82.9 Å². The lowest BCUT2D eigenvalue weighted by atomic mass is 9.94. The van der Waals surface area contributed by atoms with Crippen LogP contribution in [0.2, 0.25) is 0 Å². The maximum atomic E-state index is 13.2. The molecule has 6 rings (SSSR count). The molecule has 46 heavy (non-hydrogen) atoms. The van der Waals surface area contributed by atoms with Crippen molar-refractivity contribution in [1.29, 1.82) is 0 Å². The fraction of sp³-hybridized carbons (Fsp3) is 0.676. The molecule has 0 radical (unpaired) electrons. The number of amides is 5. The minimum absolute atomic E-state index is 0.109. The number of ether oxygens (including phenoxy) is 1. The predicted molar refractivity (Wildman–Crippen MR) is 171 cm³/mol. The number of fused-ring (bicyclic) bond motifs is 1. The molecule has 12 heteroatoms. The first-order valence-corrected chi connectivity index (χ1v) is 17.0. The summed E-state index contributed by atoms with van der Waals surface area (Å²) in [5, 5.41) is 2.25. The van der Waals surface area contributed by atoms with Crippen LogP contribution in [0.15, 0.2) is 18.2 Å². The Balaban J connectivity index is 0.923. The molecule has 5 heterocycles. The molecule has 4 fully saturated rings. The fourth-order valence-electron chi connectivity index (χ4n) is 7.54. The van der Waals surface area contributed by atoms with E-state index in [1.807, 2.05) is 31.7 Å². The van der Waals surface area contributed by atoms with Crippen molar-refractivity contribution in [3.8, 4) is 0 Å². The van der Waals surface area contributed by atoms with Crippen molar-refractivity contribution in [2.75, 3.05) is 70.3 Å². The first-order valence-electron chi connectivity index (χ1n) is 17.0. The number of benzene rings is 1. The molecule has 1 unspecified atom stereocenters. The van der Waals surface area contributed by atoms with Gasteiger partial charge in [-0.1, -0.05) is 0 Å². The number of piperidine rings is 3. The van der Waals surface area contributed by atoms with Crippen LogP contribution in [0.3, 0.4) is 0 Å². The van der Waals surface area contributed by atoms with Crippen LogP contribution in [-0.4, -0.2) is 126 Å². The van der Waals surface area contributed by atoms with Crippen molar-refractivity contribution < 1.29 is 28.7 Å². The number of carbonyl (C=O) groups is 5. The zero-order valence-electron chi connectivity index (χ0n) is 27.5. The lowest BCUT2D eigenvalue weighted by molar-refractivity contribution is -0.136. The van der Waals surface area contributed by atoms with Crippen molar-refractivity contribution in [1.82, 2.24) is 24.9 Å². The molecule has 1 aromatic carbocycles. The van der Waals surface area contributed by atoms with Crippen molar-refractivity contribution in [2.45, 2.75) is 70.9 Å². The van der Waals surface area contributed by atoms with Gasteiger partial charge in [0, 0.05) is 77.6 Å². The lowest BCUT2D eigenvalue weighted by Crippen LogP contribution is -2.54. The molecule has 0 aliphatic carbocycles. The third-order valence-corrected chi connectivity index (χ3v) is 10.2. The van der Waals surface area contributed by atoms with E-state index in [0.717, 1.165) is 102 Å². The molecule has 0 bridgehead atoms. The van der Waals surface area contributed by atoms with E-state index in [0.29, 0.717) is 23.0 Å². The van der Waals surface area contributed by atoms with Gasteiger partial charge < -0.3 is 24.3 Å². The van der Waals surface area contributed by atoms with E-state index in [4.69, 9.17) is 4.74 Å². The van der Waals surface area contributed by atoms with Crippen LogP contribution in [0.4, 0.5) is 10.5 Å². The quantitative estimate of drug-likeness (QED) is 0.470. The molecular formula is C34H48N6O6. The molecule has 0 aromatic heterocycles. The van der Waals surface area contributed by atoms with Gasteiger partial charge in [-0.3, -0.25) is 29.4 Å². The number of nitrogens with zero attached hydrogens (tertiary/aromatic N) is 5. The summed E-state index contributed by atoms with van der Waals surface area (Å²) >= 11 is 0. The Hall–Kier alpha value is -3.51. The standard InChI is InChI=1S/C34H48N6O6/c1-34(2,3)46-33(45)39-14-10-24(11-15-39)22-37-18-16-36(17-19-37)21-23-8-12-38(13-9-23)25-4-5-26-27(20-25)32(44)40(31(26)43)28-6-7-29(41)35-30(28)42/h4-5,20,23-24,28H,6-19,21-22H2,1-3H3,(H,35,41,42). The van der Waals surface area contributed by atoms with Crippen LogP contribution in [0.25, 0.3) is 0 Å². The van der Waals surface area contributed by atoms with Gasteiger partial charge in [-0.25, -0.2) is 4.79 Å². The van der Waals surface area contributed by atoms with Crippen molar-refractivity contribution in [3.63, 3.8) is 0 Å². The van der Waals surface area contributed by atoms with E-state index in [9.17, 15) is 24.0 Å². The number of nitrogens with one attached hydrogen (secondary N) is 1. The van der Waals surface area contributed by atoms with Gasteiger partial charge in [0.05, 0.1) is 11.1 Å². The number of anilines is 1. The topological polar surface area (TPSA) is 123 Å². The summed E-state index contributed by atoms with van der Waals surface area (Å²) in [6, 6.07) is 4.45. The van der Waals surface area contributed by atoms with Gasteiger partial charge >= 0.3 is 6.09 Å². The fourth-order valence-corrected chi connectivity index (χ4v) is 7.54. The summed E-state index contributed by atoms with van der Waals surface area (Å²) in [7, 11) is 0. The number of likely N-dealkylation sites (tertiary alicyclic amines) is 1. The molecular weight excluding hydrogens is 588 g/mol. The van der Waals surface area contributed by atoms with Crippen LogP contribution >= 0.6 is 0 Å². The summed E-state index contributed by atoms with van der Waals surface area (Å²) in [5.41, 5.74) is 1.12. The Bertz CT molecular complexity index is 1350. The maximum Gasteiger partial charge on any atom is 0.410 e. The van der Waals surface area contributed by atoms with Crippen LogP contribution in [0, 0.1) is 11.8 Å². The van der Waals surface area contributed by atoms with E-state index in [2.05, 4.69) is 20.0 Å². The Labute approximate surface area is 271 Å². The number of piperazine rings is 1. The minimum Gasteiger partial charge on any atom is -0.444 e. The Morgan fingerprint density at radius 2 is 1.35 bits per heavy atom. The molecule has 0 saturated carbocycles. The number of hydrogen-bond donors (Lipinski definition) is 1. The number of hydrogen-bond acceptors (Lipinski definition) is 9. The molecule has 0 spiro atoms. The average molecular weight is 637 g/mol. The van der Waals surface area contributed by atoms with Crippen LogP contribution in [0.1, 0.15) is 80.0 Å². The van der Waals surface area contributed by atoms with E-state index in [1.165, 1.54) is 0 Å². The summed E-state index contributed by atoms with van der Waals surface area (Å²) < 4.78 is 5.54. The highest BCUT2D eigenvalue weighted by atomic mass is 16.6. The summed E-state index contributed by atoms with van der Waals surface area (Å²) in [6.45, 7) is 15.6. The SMILES string of the molecule is CC(C)(C)OC(=O)N1CCC(CN2CCN(CC3CCN(c4ccc5c(c4)C(=O)N(C4CCC(=O)NC4=O)C5=O)CC3)CC2)CC1. The predicted octanol–water partition coefficient (Wildman–Crippen LogP) is 2.57. The Morgan fingerprint density at radius 3 is 1.91 bits per heavy atom. The number of imide groups is 2. The zero-order valence-corrected chi connectivity index (χ0v) is 27.5. The molecule has 4 saturated heterocycles. The smallest absolute Gasteiger partial charge is 0.410 e. The first-order chi connectivity index (χ1) is 21.9. The Morgan fingerprint density at radius 1 is 0.783 bits per heavy atom. The van der Waals surface area contributed by atoms with E-state index in [-0.39, 0.29) is 24.8 Å². The maximum absolute atomic E-state index is 13.2. The Kier molecular flexibility index (Phi) is 9.38. The largest absolute Gasteiger partial charge is 0.444 e. The molecule has 5 aliphatic heterocycles. The van der Waals surface area contributed by atoms with Gasteiger partial charge in [-0.15, -0.1) is 0 Å². The summed E-state index contributed by atoms with van der Waals surface area (Å²) in [6.07, 6.45) is 4.28. The van der Waals surface area contributed by atoms with Crippen molar-refractivity contribution in [2.24, 2.45) is 11.8 Å². The minimum atomic E-state index is -0.949. The highest BCUT2D eigenvalue weighted by Crippen LogP contribution is 2.32. The second-order valence-electron chi connectivity index (χ2n) is 14.6. The summed E-state index contributed by atoms with van der Waals surface area (Å²) in [5.74, 6) is -0.647. The third-order valence-electron chi connectivity index (χ3n) is 10.2. The van der Waals surface area contributed by atoms with E-state index in [1.54, 1.807) is 12.1 Å². The zero-order chi connectivity index (χ0) is 32.6. The average Bonchev–Trinajstić information content (AvgIpc) is 3.26. The molecule has 250 valence electrons. The monoisotopic (exact) mass is 636 g/mol. The summed E-state index contributed by atoms with van der Waals surface area (Å²) in [4.78, 5) is 73.0. The number of rotatable bonds is 6.